The predicted molar refractivity (Wildman–Crippen MR) is 71.3 cm³/mol. The number of hydrogen-bond donors (Lipinski definition) is 1. The number of piperidine rings is 1. The van der Waals surface area contributed by atoms with Crippen LogP contribution >= 0.6 is 0 Å². The van der Waals surface area contributed by atoms with Crippen LogP contribution < -0.4 is 5.32 Å². The molecule has 0 atom stereocenters. The van der Waals surface area contributed by atoms with Gasteiger partial charge in [0.25, 0.3) is 0 Å². The second-order valence-corrected chi connectivity index (χ2v) is 6.28. The van der Waals surface area contributed by atoms with E-state index < -0.39 is 0 Å². The molecule has 3 rings (SSSR count). The fraction of sp³-hybridized carbons (Fsp3) is 0.929. The van der Waals surface area contributed by atoms with E-state index in [0.717, 1.165) is 52.1 Å². The maximum absolute atomic E-state index is 12.8. The van der Waals surface area contributed by atoms with Crippen LogP contribution in [0.1, 0.15) is 25.7 Å². The van der Waals surface area contributed by atoms with Crippen LogP contribution in [-0.4, -0.2) is 62.0 Å². The molecule has 3 fully saturated rings. The van der Waals surface area contributed by atoms with Crippen molar-refractivity contribution in [1.29, 1.82) is 0 Å². The van der Waals surface area contributed by atoms with Gasteiger partial charge >= 0.3 is 0 Å². The van der Waals surface area contributed by atoms with Crippen LogP contribution in [0.2, 0.25) is 0 Å². The van der Waals surface area contributed by atoms with Gasteiger partial charge in [-0.1, -0.05) is 0 Å². The summed E-state index contributed by atoms with van der Waals surface area (Å²) in [6.45, 7) is 6.14. The van der Waals surface area contributed by atoms with E-state index in [0.29, 0.717) is 11.8 Å². The molecule has 3 aliphatic rings. The SMILES string of the molecule is CN1CCN(C(=O)C2(C3CCNCC3)CC2)CC1. The first-order valence-electron chi connectivity index (χ1n) is 7.41. The van der Waals surface area contributed by atoms with Crippen LogP contribution in [0.3, 0.4) is 0 Å². The molecule has 102 valence electrons. The zero-order chi connectivity index (χ0) is 12.6. The third kappa shape index (κ3) is 2.16. The molecule has 1 aliphatic carbocycles. The highest BCUT2D eigenvalue weighted by Gasteiger charge is 2.56. The molecule has 18 heavy (non-hydrogen) atoms. The van der Waals surface area contributed by atoms with Crippen molar-refractivity contribution in [2.24, 2.45) is 11.3 Å². The zero-order valence-electron chi connectivity index (χ0n) is 11.5. The van der Waals surface area contributed by atoms with E-state index in [4.69, 9.17) is 0 Å². The standard InChI is InChI=1S/C14H25N3O/c1-16-8-10-17(11-9-16)13(18)14(4-5-14)12-2-6-15-7-3-12/h12,15H,2-11H2,1H3. The Bertz CT molecular complexity index is 313. The normalized spacial score (nSPS) is 29.3. The minimum Gasteiger partial charge on any atom is -0.340 e. The maximum atomic E-state index is 12.8. The number of amides is 1. The largest absolute Gasteiger partial charge is 0.340 e. The lowest BCUT2D eigenvalue weighted by Crippen LogP contribution is -2.51. The molecule has 1 amide bonds. The second kappa shape index (κ2) is 4.82. The number of likely N-dealkylation sites (N-methyl/N-ethyl adjacent to an activating group) is 1. The van der Waals surface area contributed by atoms with E-state index in [-0.39, 0.29) is 5.41 Å². The maximum Gasteiger partial charge on any atom is 0.229 e. The molecule has 1 N–H and O–H groups in total. The van der Waals surface area contributed by atoms with Crippen LogP contribution in [0.4, 0.5) is 0 Å². The summed E-state index contributed by atoms with van der Waals surface area (Å²) in [5.74, 6) is 1.12. The monoisotopic (exact) mass is 251 g/mol. The molecule has 1 saturated carbocycles. The van der Waals surface area contributed by atoms with E-state index in [1.807, 2.05) is 0 Å². The van der Waals surface area contributed by atoms with Crippen LogP contribution in [-0.2, 0) is 4.79 Å². The fourth-order valence-electron chi connectivity index (χ4n) is 3.63. The third-order valence-corrected chi connectivity index (χ3v) is 5.13. The van der Waals surface area contributed by atoms with Crippen LogP contribution in [0.5, 0.6) is 0 Å². The van der Waals surface area contributed by atoms with Gasteiger partial charge in [-0.25, -0.2) is 0 Å². The summed E-state index contributed by atoms with van der Waals surface area (Å²) in [7, 11) is 2.14. The lowest BCUT2D eigenvalue weighted by molar-refractivity contribution is -0.141. The molecule has 0 aromatic rings. The number of rotatable bonds is 2. The Morgan fingerprint density at radius 2 is 1.72 bits per heavy atom. The Morgan fingerprint density at radius 3 is 2.28 bits per heavy atom. The predicted octanol–water partition coefficient (Wildman–Crippen LogP) is 0.540. The highest BCUT2D eigenvalue weighted by atomic mass is 16.2. The molecule has 2 aliphatic heterocycles. The summed E-state index contributed by atoms with van der Waals surface area (Å²) in [4.78, 5) is 17.2. The molecule has 0 spiro atoms. The smallest absolute Gasteiger partial charge is 0.229 e. The van der Waals surface area contributed by atoms with Gasteiger partial charge in [-0.15, -0.1) is 0 Å². The summed E-state index contributed by atoms with van der Waals surface area (Å²) in [5, 5.41) is 3.41. The van der Waals surface area contributed by atoms with Crippen molar-refractivity contribution >= 4 is 5.91 Å². The van der Waals surface area contributed by atoms with Crippen molar-refractivity contribution < 1.29 is 4.79 Å². The average molecular weight is 251 g/mol. The van der Waals surface area contributed by atoms with Gasteiger partial charge in [0.1, 0.15) is 0 Å². The Morgan fingerprint density at radius 1 is 1.11 bits per heavy atom. The van der Waals surface area contributed by atoms with Gasteiger partial charge in [0, 0.05) is 26.2 Å². The van der Waals surface area contributed by atoms with Gasteiger partial charge in [0.15, 0.2) is 0 Å². The Hall–Kier alpha value is -0.610. The minimum absolute atomic E-state index is 0.0536. The van der Waals surface area contributed by atoms with E-state index in [1.165, 1.54) is 12.8 Å². The number of nitrogens with one attached hydrogen (secondary N) is 1. The third-order valence-electron chi connectivity index (χ3n) is 5.13. The lowest BCUT2D eigenvalue weighted by atomic mass is 9.81. The first kappa shape index (κ1) is 12.4. The number of hydrogen-bond acceptors (Lipinski definition) is 3. The van der Waals surface area contributed by atoms with Crippen LogP contribution in [0.15, 0.2) is 0 Å². The molecule has 0 aromatic heterocycles. The molecule has 0 radical (unpaired) electrons. The van der Waals surface area contributed by atoms with Crippen LogP contribution in [0.25, 0.3) is 0 Å². The Labute approximate surface area is 110 Å². The highest BCUT2D eigenvalue weighted by Crippen LogP contribution is 2.56. The average Bonchev–Trinajstić information content (AvgIpc) is 3.21. The van der Waals surface area contributed by atoms with E-state index >= 15 is 0 Å². The number of piperazine rings is 1. The second-order valence-electron chi connectivity index (χ2n) is 6.28. The first-order chi connectivity index (χ1) is 8.72. The molecular formula is C14H25N3O. The van der Waals surface area contributed by atoms with Gasteiger partial charge in [-0.05, 0) is 51.7 Å². The van der Waals surface area contributed by atoms with Crippen LogP contribution in [0, 0.1) is 11.3 Å². The molecule has 2 heterocycles. The highest BCUT2D eigenvalue weighted by molar-refractivity contribution is 5.86. The lowest BCUT2D eigenvalue weighted by Gasteiger charge is -2.38. The van der Waals surface area contributed by atoms with E-state index in [9.17, 15) is 4.79 Å². The van der Waals surface area contributed by atoms with Gasteiger partial charge in [-0.3, -0.25) is 4.79 Å². The molecule has 0 unspecified atom stereocenters. The molecular weight excluding hydrogens is 226 g/mol. The number of nitrogens with zero attached hydrogens (tertiary/aromatic N) is 2. The minimum atomic E-state index is 0.0536. The Kier molecular flexibility index (Phi) is 3.32. The van der Waals surface area contributed by atoms with Crippen molar-refractivity contribution in [1.82, 2.24) is 15.1 Å². The molecule has 2 saturated heterocycles. The quantitative estimate of drug-likeness (QED) is 0.778. The summed E-state index contributed by atoms with van der Waals surface area (Å²) < 4.78 is 0. The van der Waals surface area contributed by atoms with Crippen molar-refractivity contribution in [2.75, 3.05) is 46.3 Å². The molecule has 4 nitrogen and oxygen atoms in total. The summed E-state index contributed by atoms with van der Waals surface area (Å²) in [6.07, 6.45) is 4.67. The van der Waals surface area contributed by atoms with Crippen molar-refractivity contribution in [2.45, 2.75) is 25.7 Å². The molecule has 4 heteroatoms. The zero-order valence-corrected chi connectivity index (χ0v) is 11.5. The molecule has 0 bridgehead atoms. The van der Waals surface area contributed by atoms with Crippen molar-refractivity contribution in [3.63, 3.8) is 0 Å². The van der Waals surface area contributed by atoms with Gasteiger partial charge in [0.05, 0.1) is 5.41 Å². The van der Waals surface area contributed by atoms with Gasteiger partial charge < -0.3 is 15.1 Å². The Balaban J connectivity index is 1.64. The summed E-state index contributed by atoms with van der Waals surface area (Å²) in [6, 6.07) is 0. The fourth-order valence-corrected chi connectivity index (χ4v) is 3.63. The summed E-state index contributed by atoms with van der Waals surface area (Å²) in [5.41, 5.74) is 0.0536. The number of carbonyl (C=O) groups excluding carboxylic acids is 1. The van der Waals surface area contributed by atoms with Gasteiger partial charge in [-0.2, -0.15) is 0 Å². The van der Waals surface area contributed by atoms with Gasteiger partial charge in [0.2, 0.25) is 5.91 Å². The summed E-state index contributed by atoms with van der Waals surface area (Å²) >= 11 is 0. The molecule has 0 aromatic carbocycles. The van der Waals surface area contributed by atoms with Crippen molar-refractivity contribution in [3.8, 4) is 0 Å². The van der Waals surface area contributed by atoms with Crippen molar-refractivity contribution in [3.05, 3.63) is 0 Å². The topological polar surface area (TPSA) is 35.6 Å². The number of carbonyl (C=O) groups is 1. The first-order valence-corrected chi connectivity index (χ1v) is 7.41. The van der Waals surface area contributed by atoms with E-state index in [2.05, 4.69) is 22.2 Å². The van der Waals surface area contributed by atoms with E-state index in [1.54, 1.807) is 0 Å².